The molecule has 1 aromatic carbocycles. The summed E-state index contributed by atoms with van der Waals surface area (Å²) in [4.78, 5) is 2.57. The van der Waals surface area contributed by atoms with E-state index in [0.29, 0.717) is 12.0 Å². The van der Waals surface area contributed by atoms with E-state index in [1.54, 1.807) is 0 Å². The summed E-state index contributed by atoms with van der Waals surface area (Å²) < 4.78 is 5.92. The number of halogens is 1. The minimum atomic E-state index is 0. The van der Waals surface area contributed by atoms with Gasteiger partial charge in [-0.3, -0.25) is 4.90 Å². The Kier molecular flexibility index (Phi) is 4.91. The molecule has 0 amide bonds. The van der Waals surface area contributed by atoms with Crippen molar-refractivity contribution in [3.8, 4) is 11.8 Å². The van der Waals surface area contributed by atoms with Crippen LogP contribution in [0.3, 0.4) is 0 Å². The summed E-state index contributed by atoms with van der Waals surface area (Å²) in [5.41, 5.74) is 1.99. The summed E-state index contributed by atoms with van der Waals surface area (Å²) in [6, 6.07) is 8.58. The second kappa shape index (κ2) is 6.47. The summed E-state index contributed by atoms with van der Waals surface area (Å²) in [7, 11) is 0. The maximum atomic E-state index is 9.07. The highest BCUT2D eigenvalue weighted by molar-refractivity contribution is 5.85. The Bertz CT molecular complexity index is 510. The number of ether oxygens (including phenoxy) is 1. The van der Waals surface area contributed by atoms with Gasteiger partial charge in [0.15, 0.2) is 0 Å². The molecule has 2 aliphatic heterocycles. The minimum Gasteiger partial charge on any atom is -0.492 e. The minimum absolute atomic E-state index is 0. The summed E-state index contributed by atoms with van der Waals surface area (Å²) >= 11 is 0. The van der Waals surface area contributed by atoms with Crippen molar-refractivity contribution in [1.29, 1.82) is 5.26 Å². The summed E-state index contributed by atoms with van der Waals surface area (Å²) in [6.07, 6.45) is 3.65. The van der Waals surface area contributed by atoms with Crippen molar-refractivity contribution >= 4 is 12.4 Å². The van der Waals surface area contributed by atoms with Gasteiger partial charge in [-0.05, 0) is 50.6 Å². The average Bonchev–Trinajstić information content (AvgIpc) is 2.47. The molecule has 3 nitrogen and oxygen atoms in total. The van der Waals surface area contributed by atoms with E-state index < -0.39 is 0 Å². The zero-order valence-corrected chi connectivity index (χ0v) is 12.7. The fraction of sp³-hybridized carbons (Fsp3) is 0.562. The smallest absolute Gasteiger partial charge is 0.123 e. The Morgan fingerprint density at radius 2 is 2.30 bits per heavy atom. The maximum Gasteiger partial charge on any atom is 0.123 e. The van der Waals surface area contributed by atoms with Gasteiger partial charge in [0.2, 0.25) is 0 Å². The van der Waals surface area contributed by atoms with Gasteiger partial charge in [-0.15, -0.1) is 12.4 Å². The normalized spacial score (nSPS) is 24.6. The first-order valence-corrected chi connectivity index (χ1v) is 7.24. The largest absolute Gasteiger partial charge is 0.492 e. The fourth-order valence-electron chi connectivity index (χ4n) is 3.49. The molecule has 2 aliphatic rings. The van der Waals surface area contributed by atoms with Gasteiger partial charge in [0.05, 0.1) is 17.7 Å². The molecule has 1 saturated heterocycles. The monoisotopic (exact) mass is 292 g/mol. The number of fused-ring (bicyclic) bond motifs is 3. The zero-order valence-electron chi connectivity index (χ0n) is 11.8. The molecule has 2 unspecified atom stereocenters. The molecule has 2 atom stereocenters. The molecule has 20 heavy (non-hydrogen) atoms. The first-order valence-electron chi connectivity index (χ1n) is 7.24. The van der Waals surface area contributed by atoms with Crippen molar-refractivity contribution in [1.82, 2.24) is 4.90 Å². The highest BCUT2D eigenvalue weighted by Crippen LogP contribution is 2.41. The first kappa shape index (κ1) is 15.2. The molecular formula is C16H21ClN2O. The van der Waals surface area contributed by atoms with E-state index in [1.165, 1.54) is 31.4 Å². The lowest BCUT2D eigenvalue weighted by Crippen LogP contribution is -2.49. The number of nitrogens with zero attached hydrogens (tertiary/aromatic N) is 2. The van der Waals surface area contributed by atoms with Gasteiger partial charge < -0.3 is 4.74 Å². The quantitative estimate of drug-likeness (QED) is 0.839. The average molecular weight is 293 g/mol. The summed E-state index contributed by atoms with van der Waals surface area (Å²) in [5.74, 6) is 1.52. The van der Waals surface area contributed by atoms with E-state index in [9.17, 15) is 0 Å². The van der Waals surface area contributed by atoms with E-state index >= 15 is 0 Å². The van der Waals surface area contributed by atoms with Crippen molar-refractivity contribution in [3.63, 3.8) is 0 Å². The summed E-state index contributed by atoms with van der Waals surface area (Å²) in [5, 5.41) is 9.07. The second-order valence-electron chi connectivity index (χ2n) is 5.53. The van der Waals surface area contributed by atoms with Crippen LogP contribution in [0.25, 0.3) is 0 Å². The number of piperidine rings is 1. The number of likely N-dealkylation sites (tertiary alicyclic amines) is 1. The topological polar surface area (TPSA) is 36.3 Å². The molecule has 108 valence electrons. The Hall–Kier alpha value is -1.24. The lowest BCUT2D eigenvalue weighted by molar-refractivity contribution is 0.0659. The molecule has 0 saturated carbocycles. The molecule has 0 spiro atoms. The van der Waals surface area contributed by atoms with Crippen molar-refractivity contribution < 1.29 is 4.74 Å². The van der Waals surface area contributed by atoms with Gasteiger partial charge in [-0.2, -0.15) is 5.26 Å². The third-order valence-corrected chi connectivity index (χ3v) is 4.35. The molecule has 0 radical (unpaired) electrons. The molecule has 0 bridgehead atoms. The van der Waals surface area contributed by atoms with Crippen LogP contribution >= 0.6 is 12.4 Å². The van der Waals surface area contributed by atoms with Gasteiger partial charge in [-0.25, -0.2) is 0 Å². The fourth-order valence-corrected chi connectivity index (χ4v) is 3.49. The number of rotatable bonds is 2. The van der Waals surface area contributed by atoms with Gasteiger partial charge in [-0.1, -0.05) is 6.92 Å². The Morgan fingerprint density at radius 3 is 3.05 bits per heavy atom. The maximum absolute atomic E-state index is 9.07. The Morgan fingerprint density at radius 1 is 1.45 bits per heavy atom. The van der Waals surface area contributed by atoms with E-state index in [2.05, 4.69) is 17.9 Å². The third-order valence-electron chi connectivity index (χ3n) is 4.35. The molecule has 0 aliphatic carbocycles. The van der Waals surface area contributed by atoms with Crippen LogP contribution in [0.4, 0.5) is 0 Å². The molecule has 2 heterocycles. The van der Waals surface area contributed by atoms with Crippen molar-refractivity contribution in [2.75, 3.05) is 19.7 Å². The van der Waals surface area contributed by atoms with Gasteiger partial charge >= 0.3 is 0 Å². The molecule has 3 rings (SSSR count). The number of nitriles is 1. The van der Waals surface area contributed by atoms with Crippen LogP contribution in [0, 0.1) is 11.3 Å². The predicted molar refractivity (Wildman–Crippen MR) is 81.5 cm³/mol. The number of hydrogen-bond acceptors (Lipinski definition) is 3. The van der Waals surface area contributed by atoms with Crippen molar-refractivity contribution in [2.24, 2.45) is 0 Å². The number of hydrogen-bond donors (Lipinski definition) is 0. The van der Waals surface area contributed by atoms with Crippen LogP contribution < -0.4 is 4.74 Å². The zero-order chi connectivity index (χ0) is 13.2. The van der Waals surface area contributed by atoms with Crippen LogP contribution in [0.2, 0.25) is 0 Å². The molecule has 1 aromatic rings. The summed E-state index contributed by atoms with van der Waals surface area (Å²) in [6.45, 7) is 5.36. The second-order valence-corrected chi connectivity index (χ2v) is 5.53. The van der Waals surface area contributed by atoms with Crippen molar-refractivity contribution in [3.05, 3.63) is 29.3 Å². The highest BCUT2D eigenvalue weighted by Gasteiger charge is 2.37. The van der Waals surface area contributed by atoms with Gasteiger partial charge in [0.25, 0.3) is 0 Å². The highest BCUT2D eigenvalue weighted by atomic mass is 35.5. The van der Waals surface area contributed by atoms with Gasteiger partial charge in [0, 0.05) is 11.5 Å². The van der Waals surface area contributed by atoms with Crippen LogP contribution in [0.15, 0.2) is 18.2 Å². The molecule has 4 heteroatoms. The Labute approximate surface area is 126 Å². The lowest BCUT2D eigenvalue weighted by Gasteiger charge is -2.44. The van der Waals surface area contributed by atoms with Crippen LogP contribution in [-0.4, -0.2) is 30.6 Å². The predicted octanol–water partition coefficient (Wildman–Crippen LogP) is 3.33. The third kappa shape index (κ3) is 2.63. The molecule has 0 aromatic heterocycles. The van der Waals surface area contributed by atoms with Crippen LogP contribution in [-0.2, 0) is 0 Å². The number of benzene rings is 1. The SMILES string of the molecule is CCCN1CCCC2c3cc(C#N)ccc3OCC21.Cl. The van der Waals surface area contributed by atoms with E-state index in [1.807, 2.05) is 18.2 Å². The molecule has 0 N–H and O–H groups in total. The Balaban J connectivity index is 0.00000147. The van der Waals surface area contributed by atoms with E-state index in [4.69, 9.17) is 10.00 Å². The van der Waals surface area contributed by atoms with Crippen LogP contribution in [0.1, 0.15) is 43.2 Å². The van der Waals surface area contributed by atoms with Crippen molar-refractivity contribution in [2.45, 2.75) is 38.1 Å². The van der Waals surface area contributed by atoms with Gasteiger partial charge in [0.1, 0.15) is 12.4 Å². The van der Waals surface area contributed by atoms with E-state index in [0.717, 1.165) is 24.5 Å². The molecule has 1 fully saturated rings. The molecular weight excluding hydrogens is 272 g/mol. The first-order chi connectivity index (χ1) is 9.33. The lowest BCUT2D eigenvalue weighted by atomic mass is 9.81. The standard InChI is InChI=1S/C16H20N2O.ClH/c1-2-7-18-8-3-4-13-14-9-12(10-17)5-6-16(14)19-11-15(13)18;/h5-6,9,13,15H,2-4,7-8,11H2,1H3;1H. The van der Waals surface area contributed by atoms with E-state index in [-0.39, 0.29) is 12.4 Å². The van der Waals surface area contributed by atoms with Crippen LogP contribution in [0.5, 0.6) is 5.75 Å².